The van der Waals surface area contributed by atoms with Gasteiger partial charge in [0.05, 0.1) is 23.6 Å². The van der Waals surface area contributed by atoms with Crippen LogP contribution in [0.2, 0.25) is 5.02 Å². The maximum atomic E-state index is 13.0. The molecular weight excluding hydrogens is 482 g/mol. The number of aromatic nitrogens is 2. The predicted octanol–water partition coefficient (Wildman–Crippen LogP) is 4.40. The van der Waals surface area contributed by atoms with Crippen molar-refractivity contribution in [2.45, 2.75) is 31.1 Å². The maximum absolute atomic E-state index is 13.0. The number of nitrogens with one attached hydrogen (secondary N) is 1. The number of aliphatic hydroxyl groups is 1. The predicted molar refractivity (Wildman–Crippen MR) is 129 cm³/mol. The Hall–Kier alpha value is -3.08. The van der Waals surface area contributed by atoms with Crippen LogP contribution in [0.1, 0.15) is 26.3 Å². The average molecular weight is 508 g/mol. The number of sulfonamides is 1. The Morgan fingerprint density at radius 2 is 1.76 bits per heavy atom. The quantitative estimate of drug-likeness (QED) is 0.437. The van der Waals surface area contributed by atoms with Crippen LogP contribution in [0.3, 0.4) is 0 Å². The molecule has 34 heavy (non-hydrogen) atoms. The molecule has 2 N–H and O–H groups in total. The van der Waals surface area contributed by atoms with Gasteiger partial charge in [-0.05, 0) is 35.2 Å². The summed E-state index contributed by atoms with van der Waals surface area (Å²) in [6, 6.07) is 12.4. The summed E-state index contributed by atoms with van der Waals surface area (Å²) in [5.41, 5.74) is 0.883. The van der Waals surface area contributed by atoms with E-state index in [0.29, 0.717) is 5.75 Å². The fourth-order valence-corrected chi connectivity index (χ4v) is 3.99. The number of hydrogen-bond donors (Lipinski definition) is 2. The first-order chi connectivity index (χ1) is 16.0. The van der Waals surface area contributed by atoms with Crippen LogP contribution in [0.25, 0.3) is 0 Å². The largest absolute Gasteiger partial charge is 0.497 e. The van der Waals surface area contributed by atoms with Crippen molar-refractivity contribution in [1.29, 1.82) is 0 Å². The Morgan fingerprint density at radius 1 is 1.06 bits per heavy atom. The highest BCUT2D eigenvalue weighted by Crippen LogP contribution is 2.33. The van der Waals surface area contributed by atoms with Crippen molar-refractivity contribution in [2.75, 3.05) is 25.0 Å². The molecule has 0 aliphatic carbocycles. The molecule has 0 aliphatic rings. The molecule has 0 fully saturated rings. The Bertz CT molecular complexity index is 1240. The normalized spacial score (nSPS) is 11.7. The van der Waals surface area contributed by atoms with Crippen molar-refractivity contribution in [3.8, 4) is 23.4 Å². The second kappa shape index (κ2) is 10.5. The second-order valence-electron chi connectivity index (χ2n) is 8.22. The second-order valence-corrected chi connectivity index (χ2v) is 10.3. The van der Waals surface area contributed by atoms with Gasteiger partial charge in [0.2, 0.25) is 5.88 Å². The van der Waals surface area contributed by atoms with Gasteiger partial charge < -0.3 is 19.3 Å². The number of benzene rings is 2. The lowest BCUT2D eigenvalue weighted by molar-refractivity contribution is 0.195. The van der Waals surface area contributed by atoms with E-state index < -0.39 is 10.0 Å². The van der Waals surface area contributed by atoms with Gasteiger partial charge in [-0.2, -0.15) is 9.97 Å². The van der Waals surface area contributed by atoms with Crippen molar-refractivity contribution >= 4 is 27.4 Å². The molecule has 0 bridgehead atoms. The monoisotopic (exact) mass is 507 g/mol. The number of aliphatic hydroxyl groups excluding tert-OH is 1. The SMILES string of the molecule is COc1ccc(Cl)c(Oc2nc(NS(=O)(=O)c3ccc(C(C)(C)C)cc3)cc(OCCO)n2)c1. The van der Waals surface area contributed by atoms with Gasteiger partial charge in [0.15, 0.2) is 11.6 Å². The minimum Gasteiger partial charge on any atom is -0.497 e. The van der Waals surface area contributed by atoms with E-state index in [0.717, 1.165) is 5.56 Å². The van der Waals surface area contributed by atoms with Crippen molar-refractivity contribution in [3.63, 3.8) is 0 Å². The van der Waals surface area contributed by atoms with Gasteiger partial charge in [-0.15, -0.1) is 0 Å². The molecule has 0 spiro atoms. The first-order valence-electron chi connectivity index (χ1n) is 10.3. The molecule has 11 heteroatoms. The smallest absolute Gasteiger partial charge is 0.327 e. The molecule has 3 aromatic rings. The molecule has 1 heterocycles. The highest BCUT2D eigenvalue weighted by atomic mass is 35.5. The van der Waals surface area contributed by atoms with E-state index in [1.54, 1.807) is 24.3 Å². The van der Waals surface area contributed by atoms with Gasteiger partial charge >= 0.3 is 6.01 Å². The van der Waals surface area contributed by atoms with Crippen LogP contribution < -0.4 is 18.9 Å². The van der Waals surface area contributed by atoms with Gasteiger partial charge in [0.1, 0.15) is 12.4 Å². The molecule has 0 aliphatic heterocycles. The van der Waals surface area contributed by atoms with Gasteiger partial charge in [-0.25, -0.2) is 8.42 Å². The molecule has 0 unspecified atom stereocenters. The number of halogens is 1. The molecule has 0 atom stereocenters. The standard InChI is InChI=1S/C23H26ClN3O6S/c1-23(2,3)15-5-8-17(9-6-15)34(29,30)27-20-14-21(32-12-11-28)26-22(25-20)33-19-13-16(31-4)7-10-18(19)24/h5-10,13-14,28H,11-12H2,1-4H3,(H,25,26,27). The maximum Gasteiger partial charge on any atom is 0.327 e. The van der Waals surface area contributed by atoms with Crippen LogP contribution >= 0.6 is 11.6 Å². The highest BCUT2D eigenvalue weighted by Gasteiger charge is 2.20. The van der Waals surface area contributed by atoms with E-state index in [1.807, 2.05) is 20.8 Å². The highest BCUT2D eigenvalue weighted by molar-refractivity contribution is 7.92. The summed E-state index contributed by atoms with van der Waals surface area (Å²) in [4.78, 5) is 8.30. The lowest BCUT2D eigenvalue weighted by Gasteiger charge is -2.19. The third-order valence-corrected chi connectivity index (χ3v) is 6.32. The molecule has 0 saturated heterocycles. The van der Waals surface area contributed by atoms with Crippen LogP contribution in [-0.4, -0.2) is 43.8 Å². The zero-order valence-electron chi connectivity index (χ0n) is 19.2. The van der Waals surface area contributed by atoms with E-state index in [1.165, 1.54) is 31.4 Å². The molecular formula is C23H26ClN3O6S. The van der Waals surface area contributed by atoms with Crippen molar-refractivity contribution in [3.05, 3.63) is 59.1 Å². The third-order valence-electron chi connectivity index (χ3n) is 4.63. The summed E-state index contributed by atoms with van der Waals surface area (Å²) >= 11 is 6.19. The van der Waals surface area contributed by atoms with E-state index >= 15 is 0 Å². The Labute approximate surface area is 203 Å². The first-order valence-corrected chi connectivity index (χ1v) is 12.2. The van der Waals surface area contributed by atoms with Crippen LogP contribution in [0, 0.1) is 0 Å². The number of ether oxygens (including phenoxy) is 3. The van der Waals surface area contributed by atoms with E-state index in [9.17, 15) is 8.42 Å². The summed E-state index contributed by atoms with van der Waals surface area (Å²) in [6.07, 6.45) is 0. The van der Waals surface area contributed by atoms with Crippen molar-refractivity contribution < 1.29 is 27.7 Å². The molecule has 3 rings (SSSR count). The molecule has 182 valence electrons. The fraction of sp³-hybridized carbons (Fsp3) is 0.304. The third kappa shape index (κ3) is 6.49. The number of anilines is 1. The first kappa shape index (κ1) is 25.5. The Morgan fingerprint density at radius 3 is 2.38 bits per heavy atom. The van der Waals surface area contributed by atoms with Gasteiger partial charge in [0.25, 0.3) is 10.0 Å². The van der Waals surface area contributed by atoms with Gasteiger partial charge in [0, 0.05) is 12.1 Å². The molecule has 2 aromatic carbocycles. The summed E-state index contributed by atoms with van der Waals surface area (Å²) in [6.45, 7) is 5.80. The number of hydrogen-bond acceptors (Lipinski definition) is 8. The number of methoxy groups -OCH3 is 1. The van der Waals surface area contributed by atoms with Crippen LogP contribution in [0.5, 0.6) is 23.4 Å². The molecule has 1 aromatic heterocycles. The molecule has 0 saturated carbocycles. The van der Waals surface area contributed by atoms with Gasteiger partial charge in [-0.1, -0.05) is 44.5 Å². The number of nitrogens with zero attached hydrogens (tertiary/aromatic N) is 2. The van der Waals surface area contributed by atoms with E-state index in [4.69, 9.17) is 30.9 Å². The lowest BCUT2D eigenvalue weighted by Crippen LogP contribution is -2.16. The van der Waals surface area contributed by atoms with E-state index in [2.05, 4.69) is 14.7 Å². The summed E-state index contributed by atoms with van der Waals surface area (Å²) in [5, 5.41) is 9.34. The summed E-state index contributed by atoms with van der Waals surface area (Å²) < 4.78 is 44.5. The Balaban J connectivity index is 1.92. The summed E-state index contributed by atoms with van der Waals surface area (Å²) in [7, 11) is -2.47. The van der Waals surface area contributed by atoms with Crippen molar-refractivity contribution in [1.82, 2.24) is 9.97 Å². The minimum absolute atomic E-state index is 0.00107. The fourth-order valence-electron chi connectivity index (χ4n) is 2.84. The van der Waals surface area contributed by atoms with E-state index in [-0.39, 0.29) is 52.0 Å². The zero-order chi connectivity index (χ0) is 24.9. The molecule has 0 radical (unpaired) electrons. The van der Waals surface area contributed by atoms with Gasteiger partial charge in [-0.3, -0.25) is 4.72 Å². The van der Waals surface area contributed by atoms with Crippen LogP contribution in [0.4, 0.5) is 5.82 Å². The van der Waals surface area contributed by atoms with Crippen LogP contribution in [0.15, 0.2) is 53.4 Å². The minimum atomic E-state index is -3.97. The Kier molecular flexibility index (Phi) is 7.86. The van der Waals surface area contributed by atoms with Crippen LogP contribution in [-0.2, 0) is 15.4 Å². The molecule has 0 amide bonds. The molecule has 9 nitrogen and oxygen atoms in total. The average Bonchev–Trinajstić information content (AvgIpc) is 2.78. The van der Waals surface area contributed by atoms with Crippen molar-refractivity contribution in [2.24, 2.45) is 0 Å². The number of rotatable bonds is 9. The lowest BCUT2D eigenvalue weighted by atomic mass is 9.87. The zero-order valence-corrected chi connectivity index (χ0v) is 20.8. The summed E-state index contributed by atoms with van der Waals surface area (Å²) in [5.74, 6) is 0.606. The topological polar surface area (TPSA) is 120 Å².